The predicted molar refractivity (Wildman–Crippen MR) is 70.0 cm³/mol. The molecule has 17 heavy (non-hydrogen) atoms. The summed E-state index contributed by atoms with van der Waals surface area (Å²) in [5.74, 6) is 0.381. The predicted octanol–water partition coefficient (Wildman–Crippen LogP) is 2.67. The van der Waals surface area contributed by atoms with Crippen molar-refractivity contribution in [2.24, 2.45) is 0 Å². The number of rotatable bonds is 4. The lowest BCUT2D eigenvalue weighted by Crippen LogP contribution is -2.49. The second-order valence-electron chi connectivity index (χ2n) is 5.22. The van der Waals surface area contributed by atoms with Crippen LogP contribution in [0.25, 0.3) is 0 Å². The summed E-state index contributed by atoms with van der Waals surface area (Å²) in [4.78, 5) is 14.7. The number of ketones is 1. The average molecular weight is 231 g/mol. The summed E-state index contributed by atoms with van der Waals surface area (Å²) >= 11 is 0. The molecule has 0 aromatic heterocycles. The van der Waals surface area contributed by atoms with Crippen LogP contribution in [-0.2, 0) is 11.2 Å². The van der Waals surface area contributed by atoms with E-state index < -0.39 is 0 Å². The van der Waals surface area contributed by atoms with E-state index >= 15 is 0 Å². The van der Waals surface area contributed by atoms with Crippen LogP contribution in [0.3, 0.4) is 0 Å². The number of benzene rings is 1. The Morgan fingerprint density at radius 2 is 1.76 bits per heavy atom. The second kappa shape index (κ2) is 5.01. The zero-order chi connectivity index (χ0) is 12.3. The Kier molecular flexibility index (Phi) is 3.63. The van der Waals surface area contributed by atoms with Crippen LogP contribution < -0.4 is 0 Å². The first-order chi connectivity index (χ1) is 8.15. The Hall–Kier alpha value is -1.15. The molecule has 0 spiro atoms. The van der Waals surface area contributed by atoms with Gasteiger partial charge in [0.25, 0.3) is 0 Å². The van der Waals surface area contributed by atoms with Crippen molar-refractivity contribution < 1.29 is 4.79 Å². The number of hydrogen-bond donors (Lipinski definition) is 0. The minimum atomic E-state index is -0.199. The molecule has 0 N–H and O–H groups in total. The fraction of sp³-hybridized carbons (Fsp3) is 0.533. The molecule has 2 heteroatoms. The average Bonchev–Trinajstić information content (AvgIpc) is 2.80. The second-order valence-corrected chi connectivity index (χ2v) is 5.22. The molecule has 2 nitrogen and oxygen atoms in total. The quantitative estimate of drug-likeness (QED) is 0.794. The Balaban J connectivity index is 2.13. The molecule has 0 unspecified atom stereocenters. The van der Waals surface area contributed by atoms with Gasteiger partial charge < -0.3 is 0 Å². The first-order valence-electron chi connectivity index (χ1n) is 6.40. The van der Waals surface area contributed by atoms with Crippen LogP contribution in [0.5, 0.6) is 0 Å². The normalized spacial score (nSPS) is 18.5. The Morgan fingerprint density at radius 1 is 1.18 bits per heavy atom. The van der Waals surface area contributed by atoms with E-state index in [9.17, 15) is 4.79 Å². The van der Waals surface area contributed by atoms with Gasteiger partial charge in [-0.3, -0.25) is 9.69 Å². The maximum Gasteiger partial charge on any atom is 0.157 e. The van der Waals surface area contributed by atoms with Gasteiger partial charge in [-0.1, -0.05) is 43.2 Å². The van der Waals surface area contributed by atoms with Gasteiger partial charge in [-0.25, -0.2) is 0 Å². The van der Waals surface area contributed by atoms with Crippen LogP contribution in [0.4, 0.5) is 0 Å². The topological polar surface area (TPSA) is 20.3 Å². The van der Waals surface area contributed by atoms with E-state index in [1.165, 1.54) is 12.8 Å². The molecule has 0 bridgehead atoms. The number of nitrogens with zero attached hydrogens (tertiary/aromatic N) is 1. The van der Waals surface area contributed by atoms with E-state index in [4.69, 9.17) is 0 Å². The largest absolute Gasteiger partial charge is 0.297 e. The van der Waals surface area contributed by atoms with Gasteiger partial charge in [-0.15, -0.1) is 0 Å². The Bertz CT molecular complexity index is 377. The van der Waals surface area contributed by atoms with Crippen LogP contribution in [0.15, 0.2) is 30.3 Å². The number of carbonyl (C=O) groups is 1. The molecule has 1 aliphatic rings. The van der Waals surface area contributed by atoms with Crippen molar-refractivity contribution in [1.82, 2.24) is 4.90 Å². The van der Waals surface area contributed by atoms with E-state index in [0.29, 0.717) is 12.2 Å². The van der Waals surface area contributed by atoms with E-state index in [2.05, 4.69) is 4.90 Å². The zero-order valence-corrected chi connectivity index (χ0v) is 10.8. The lowest BCUT2D eigenvalue weighted by molar-refractivity contribution is -0.128. The highest BCUT2D eigenvalue weighted by atomic mass is 16.1. The van der Waals surface area contributed by atoms with Gasteiger partial charge in [0.2, 0.25) is 0 Å². The van der Waals surface area contributed by atoms with Crippen molar-refractivity contribution in [2.75, 3.05) is 14.1 Å². The monoisotopic (exact) mass is 231 g/mol. The molecule has 0 heterocycles. The summed E-state index contributed by atoms with van der Waals surface area (Å²) in [6.45, 7) is 0. The van der Waals surface area contributed by atoms with E-state index in [1.54, 1.807) is 0 Å². The van der Waals surface area contributed by atoms with Crippen LogP contribution >= 0.6 is 0 Å². The van der Waals surface area contributed by atoms with E-state index in [0.717, 1.165) is 18.4 Å². The highest BCUT2D eigenvalue weighted by Gasteiger charge is 2.42. The van der Waals surface area contributed by atoms with E-state index in [1.807, 2.05) is 44.4 Å². The third-order valence-electron chi connectivity index (χ3n) is 4.01. The van der Waals surface area contributed by atoms with Crippen molar-refractivity contribution in [3.05, 3.63) is 35.9 Å². The van der Waals surface area contributed by atoms with Crippen molar-refractivity contribution in [2.45, 2.75) is 37.6 Å². The van der Waals surface area contributed by atoms with Crippen molar-refractivity contribution in [3.8, 4) is 0 Å². The van der Waals surface area contributed by atoms with Crippen LogP contribution in [-0.4, -0.2) is 30.3 Å². The molecule has 1 aromatic carbocycles. The molecule has 1 saturated carbocycles. The molecular weight excluding hydrogens is 210 g/mol. The Labute approximate surface area is 104 Å². The lowest BCUT2D eigenvalue weighted by Gasteiger charge is -2.34. The first kappa shape index (κ1) is 12.3. The highest BCUT2D eigenvalue weighted by Crippen LogP contribution is 2.35. The van der Waals surface area contributed by atoms with Gasteiger partial charge in [0.1, 0.15) is 0 Å². The molecule has 0 atom stereocenters. The number of hydrogen-bond acceptors (Lipinski definition) is 2. The fourth-order valence-corrected chi connectivity index (χ4v) is 2.88. The summed E-state index contributed by atoms with van der Waals surface area (Å²) in [6.07, 6.45) is 4.97. The molecular formula is C15H21NO. The summed E-state index contributed by atoms with van der Waals surface area (Å²) in [5, 5.41) is 0. The van der Waals surface area contributed by atoms with Crippen molar-refractivity contribution in [3.63, 3.8) is 0 Å². The van der Waals surface area contributed by atoms with Gasteiger partial charge in [-0.05, 0) is 32.5 Å². The SMILES string of the molecule is CN(C)C1(C(=O)Cc2ccccc2)CCCC1. The minimum Gasteiger partial charge on any atom is -0.297 e. The van der Waals surface area contributed by atoms with Gasteiger partial charge >= 0.3 is 0 Å². The minimum absolute atomic E-state index is 0.199. The standard InChI is InChI=1S/C15H21NO/c1-16(2)15(10-6-7-11-15)14(17)12-13-8-4-3-5-9-13/h3-5,8-9H,6-7,10-12H2,1-2H3. The molecule has 92 valence electrons. The molecule has 0 amide bonds. The molecule has 0 radical (unpaired) electrons. The molecule has 2 rings (SSSR count). The van der Waals surface area contributed by atoms with Crippen molar-refractivity contribution >= 4 is 5.78 Å². The zero-order valence-electron chi connectivity index (χ0n) is 10.8. The summed E-state index contributed by atoms with van der Waals surface area (Å²) < 4.78 is 0. The fourth-order valence-electron chi connectivity index (χ4n) is 2.88. The number of carbonyl (C=O) groups excluding carboxylic acids is 1. The highest BCUT2D eigenvalue weighted by molar-refractivity contribution is 5.90. The molecule has 1 aromatic rings. The van der Waals surface area contributed by atoms with Crippen LogP contribution in [0.1, 0.15) is 31.2 Å². The summed E-state index contributed by atoms with van der Waals surface area (Å²) in [5.41, 5.74) is 0.932. The molecule has 1 aliphatic carbocycles. The maximum atomic E-state index is 12.5. The lowest BCUT2D eigenvalue weighted by atomic mass is 9.87. The first-order valence-corrected chi connectivity index (χ1v) is 6.40. The maximum absolute atomic E-state index is 12.5. The number of likely N-dealkylation sites (N-methyl/N-ethyl adjacent to an activating group) is 1. The van der Waals surface area contributed by atoms with Crippen LogP contribution in [0.2, 0.25) is 0 Å². The smallest absolute Gasteiger partial charge is 0.157 e. The summed E-state index contributed by atoms with van der Waals surface area (Å²) in [6, 6.07) is 10.1. The van der Waals surface area contributed by atoms with Crippen molar-refractivity contribution in [1.29, 1.82) is 0 Å². The Morgan fingerprint density at radius 3 is 2.29 bits per heavy atom. The van der Waals surface area contributed by atoms with Gasteiger partial charge in [-0.2, -0.15) is 0 Å². The van der Waals surface area contributed by atoms with Gasteiger partial charge in [0.05, 0.1) is 5.54 Å². The third kappa shape index (κ3) is 2.42. The molecule has 1 fully saturated rings. The molecule has 0 aliphatic heterocycles. The number of Topliss-reactive ketones (excluding diaryl/α,β-unsaturated/α-hetero) is 1. The van der Waals surface area contributed by atoms with E-state index in [-0.39, 0.29) is 5.54 Å². The third-order valence-corrected chi connectivity index (χ3v) is 4.01. The van der Waals surface area contributed by atoms with Gasteiger partial charge in [0, 0.05) is 6.42 Å². The molecule has 0 saturated heterocycles. The van der Waals surface area contributed by atoms with Crippen LogP contribution in [0, 0.1) is 0 Å². The summed E-state index contributed by atoms with van der Waals surface area (Å²) in [7, 11) is 4.07. The van der Waals surface area contributed by atoms with Gasteiger partial charge in [0.15, 0.2) is 5.78 Å².